The van der Waals surface area contributed by atoms with E-state index in [1.54, 1.807) is 10.9 Å². The second-order valence-corrected chi connectivity index (χ2v) is 4.81. The molecular weight excluding hydrogens is 272 g/mol. The number of fused-ring (bicyclic) bond motifs is 1. The highest BCUT2D eigenvalue weighted by Gasteiger charge is 2.17. The molecule has 1 amide bonds. The third kappa shape index (κ3) is 3.40. The number of aromatic nitrogens is 4. The van der Waals surface area contributed by atoms with E-state index in [1.165, 1.54) is 18.2 Å². The standard InChI is InChI=1S/C13H18N6O2/c1-9(20)5-18(4-3-14)11(21)6-19-8-17-12-10(2)15-7-16-13(12)19/h7-8H,3-6,14H2,1-2H3. The Morgan fingerprint density at radius 1 is 1.33 bits per heavy atom. The van der Waals surface area contributed by atoms with Gasteiger partial charge in [-0.3, -0.25) is 9.59 Å². The van der Waals surface area contributed by atoms with E-state index in [2.05, 4.69) is 15.0 Å². The number of Topliss-reactive ketones (excluding diaryl/α,β-unsaturated/α-hetero) is 1. The highest BCUT2D eigenvalue weighted by molar-refractivity contribution is 5.85. The second kappa shape index (κ2) is 6.40. The fourth-order valence-corrected chi connectivity index (χ4v) is 2.08. The number of amides is 1. The van der Waals surface area contributed by atoms with Crippen LogP contribution in [0.3, 0.4) is 0 Å². The first-order valence-electron chi connectivity index (χ1n) is 6.62. The Kier molecular flexibility index (Phi) is 4.59. The van der Waals surface area contributed by atoms with Gasteiger partial charge in [-0.25, -0.2) is 15.0 Å². The first kappa shape index (κ1) is 15.0. The lowest BCUT2D eigenvalue weighted by Crippen LogP contribution is -2.40. The number of hydrogen-bond acceptors (Lipinski definition) is 6. The maximum Gasteiger partial charge on any atom is 0.243 e. The highest BCUT2D eigenvalue weighted by atomic mass is 16.2. The largest absolute Gasteiger partial charge is 0.333 e. The van der Waals surface area contributed by atoms with Crippen molar-refractivity contribution >= 4 is 22.9 Å². The van der Waals surface area contributed by atoms with Crippen LogP contribution in [0.1, 0.15) is 12.6 Å². The van der Waals surface area contributed by atoms with Crippen LogP contribution in [0.2, 0.25) is 0 Å². The molecule has 0 unspecified atom stereocenters. The molecule has 112 valence electrons. The minimum atomic E-state index is -0.189. The molecule has 2 N–H and O–H groups in total. The maximum atomic E-state index is 12.3. The molecule has 0 aliphatic carbocycles. The van der Waals surface area contributed by atoms with Crippen LogP contribution in [0.4, 0.5) is 0 Å². The van der Waals surface area contributed by atoms with Crippen LogP contribution in [0.25, 0.3) is 11.2 Å². The summed E-state index contributed by atoms with van der Waals surface area (Å²) in [5.74, 6) is -0.267. The molecule has 0 atom stereocenters. The zero-order chi connectivity index (χ0) is 15.4. The van der Waals surface area contributed by atoms with Crippen molar-refractivity contribution in [2.45, 2.75) is 20.4 Å². The van der Waals surface area contributed by atoms with Crippen molar-refractivity contribution in [3.8, 4) is 0 Å². The zero-order valence-electron chi connectivity index (χ0n) is 12.1. The molecule has 0 aliphatic heterocycles. The van der Waals surface area contributed by atoms with Gasteiger partial charge in [0.05, 0.1) is 18.6 Å². The Labute approximate surface area is 122 Å². The van der Waals surface area contributed by atoms with Gasteiger partial charge in [-0.05, 0) is 13.8 Å². The van der Waals surface area contributed by atoms with Gasteiger partial charge in [-0.1, -0.05) is 0 Å². The summed E-state index contributed by atoms with van der Waals surface area (Å²) in [5.41, 5.74) is 7.51. The van der Waals surface area contributed by atoms with E-state index in [1.807, 2.05) is 6.92 Å². The summed E-state index contributed by atoms with van der Waals surface area (Å²) >= 11 is 0. The second-order valence-electron chi connectivity index (χ2n) is 4.81. The molecule has 8 heteroatoms. The van der Waals surface area contributed by atoms with Crippen molar-refractivity contribution in [3.05, 3.63) is 18.3 Å². The Morgan fingerprint density at radius 2 is 2.10 bits per heavy atom. The van der Waals surface area contributed by atoms with Gasteiger partial charge in [0, 0.05) is 13.1 Å². The van der Waals surface area contributed by atoms with Crippen LogP contribution < -0.4 is 5.73 Å². The lowest BCUT2D eigenvalue weighted by Gasteiger charge is -2.20. The summed E-state index contributed by atoms with van der Waals surface area (Å²) < 4.78 is 1.65. The summed E-state index contributed by atoms with van der Waals surface area (Å²) in [6, 6.07) is 0. The molecule has 0 aliphatic rings. The molecule has 2 rings (SSSR count). The first-order valence-corrected chi connectivity index (χ1v) is 6.62. The van der Waals surface area contributed by atoms with Crippen LogP contribution in [0.15, 0.2) is 12.7 Å². The topological polar surface area (TPSA) is 107 Å². The van der Waals surface area contributed by atoms with E-state index in [0.717, 1.165) is 5.69 Å². The van der Waals surface area contributed by atoms with Gasteiger partial charge < -0.3 is 15.2 Å². The molecule has 0 fully saturated rings. The van der Waals surface area contributed by atoms with E-state index in [4.69, 9.17) is 5.73 Å². The van der Waals surface area contributed by atoms with Crippen LogP contribution in [0, 0.1) is 6.92 Å². The van der Waals surface area contributed by atoms with Gasteiger partial charge >= 0.3 is 0 Å². The molecule has 0 spiro atoms. The monoisotopic (exact) mass is 290 g/mol. The SMILES string of the molecule is CC(=O)CN(CCN)C(=O)Cn1cnc2c(C)ncnc21. The van der Waals surface area contributed by atoms with Gasteiger partial charge in [-0.2, -0.15) is 0 Å². The number of nitrogens with two attached hydrogens (primary N) is 1. The van der Waals surface area contributed by atoms with E-state index in [0.29, 0.717) is 24.3 Å². The Morgan fingerprint density at radius 3 is 2.76 bits per heavy atom. The smallest absolute Gasteiger partial charge is 0.243 e. The van der Waals surface area contributed by atoms with Crippen LogP contribution in [0.5, 0.6) is 0 Å². The van der Waals surface area contributed by atoms with E-state index >= 15 is 0 Å². The average Bonchev–Trinajstić information content (AvgIpc) is 2.82. The number of imidazole rings is 1. The predicted molar refractivity (Wildman–Crippen MR) is 76.4 cm³/mol. The Hall–Kier alpha value is -2.35. The number of rotatable bonds is 6. The summed E-state index contributed by atoms with van der Waals surface area (Å²) in [7, 11) is 0. The highest BCUT2D eigenvalue weighted by Crippen LogP contribution is 2.12. The number of hydrogen-bond donors (Lipinski definition) is 1. The van der Waals surface area contributed by atoms with Crippen molar-refractivity contribution in [1.29, 1.82) is 0 Å². The van der Waals surface area contributed by atoms with Gasteiger partial charge in [0.1, 0.15) is 24.2 Å². The molecule has 0 radical (unpaired) electrons. The van der Waals surface area contributed by atoms with Crippen molar-refractivity contribution in [3.63, 3.8) is 0 Å². The van der Waals surface area contributed by atoms with E-state index in [-0.39, 0.29) is 24.8 Å². The number of carbonyl (C=O) groups excluding carboxylic acids is 2. The first-order chi connectivity index (χ1) is 10.0. The minimum Gasteiger partial charge on any atom is -0.333 e. The zero-order valence-corrected chi connectivity index (χ0v) is 12.1. The lowest BCUT2D eigenvalue weighted by molar-refractivity contribution is -0.135. The summed E-state index contributed by atoms with van der Waals surface area (Å²) in [4.78, 5) is 37.4. The molecule has 2 aromatic heterocycles. The lowest BCUT2D eigenvalue weighted by atomic mass is 10.3. The van der Waals surface area contributed by atoms with E-state index in [9.17, 15) is 9.59 Å². The maximum absolute atomic E-state index is 12.3. The van der Waals surface area contributed by atoms with Crippen molar-refractivity contribution < 1.29 is 9.59 Å². The minimum absolute atomic E-state index is 0.0661. The molecule has 8 nitrogen and oxygen atoms in total. The molecule has 0 aromatic carbocycles. The fraction of sp³-hybridized carbons (Fsp3) is 0.462. The summed E-state index contributed by atoms with van der Waals surface area (Å²) in [6.45, 7) is 4.07. The summed E-state index contributed by atoms with van der Waals surface area (Å²) in [5, 5.41) is 0. The van der Waals surface area contributed by atoms with Gasteiger partial charge in [0.15, 0.2) is 5.65 Å². The number of nitrogens with zero attached hydrogens (tertiary/aromatic N) is 5. The predicted octanol–water partition coefficient (Wildman–Crippen LogP) is -0.489. The molecule has 2 heterocycles. The third-order valence-corrected chi connectivity index (χ3v) is 3.06. The van der Waals surface area contributed by atoms with Crippen LogP contribution in [-0.4, -0.2) is 55.7 Å². The number of aryl methyl sites for hydroxylation is 1. The normalized spacial score (nSPS) is 10.8. The fourth-order valence-electron chi connectivity index (χ4n) is 2.08. The van der Waals surface area contributed by atoms with Crippen molar-refractivity contribution in [2.24, 2.45) is 5.73 Å². The molecule has 21 heavy (non-hydrogen) atoms. The molecule has 0 bridgehead atoms. The quantitative estimate of drug-likeness (QED) is 0.769. The van der Waals surface area contributed by atoms with Crippen molar-refractivity contribution in [2.75, 3.05) is 19.6 Å². The molecule has 0 saturated heterocycles. The van der Waals surface area contributed by atoms with Crippen LogP contribution >= 0.6 is 0 Å². The molecular formula is C13H18N6O2. The van der Waals surface area contributed by atoms with Gasteiger partial charge in [0.2, 0.25) is 5.91 Å². The average molecular weight is 290 g/mol. The molecule has 2 aromatic rings. The third-order valence-electron chi connectivity index (χ3n) is 3.06. The number of carbonyl (C=O) groups is 2. The Bertz CT molecular complexity index is 666. The number of ketones is 1. The van der Waals surface area contributed by atoms with Gasteiger partial charge in [-0.15, -0.1) is 0 Å². The summed E-state index contributed by atoms with van der Waals surface area (Å²) in [6.07, 6.45) is 2.99. The van der Waals surface area contributed by atoms with Crippen LogP contribution in [-0.2, 0) is 16.1 Å². The van der Waals surface area contributed by atoms with Crippen molar-refractivity contribution in [1.82, 2.24) is 24.4 Å². The van der Waals surface area contributed by atoms with Gasteiger partial charge in [0.25, 0.3) is 0 Å². The molecule has 0 saturated carbocycles. The Balaban J connectivity index is 2.20. The van der Waals surface area contributed by atoms with E-state index < -0.39 is 0 Å².